The Balaban J connectivity index is 1.27. The topological polar surface area (TPSA) is 98.6 Å². The Kier molecular flexibility index (Phi) is 6.22. The number of nitrogens with two attached hydrogens (primary N) is 1. The van der Waals surface area contributed by atoms with Crippen LogP contribution in [0, 0.1) is 13.3 Å². The molecule has 2 aliphatic heterocycles. The highest BCUT2D eigenvalue weighted by molar-refractivity contribution is 5.86. The van der Waals surface area contributed by atoms with Gasteiger partial charge in [-0.3, -0.25) is 14.8 Å². The van der Waals surface area contributed by atoms with Gasteiger partial charge in [0.05, 0.1) is 18.1 Å². The molecule has 3 N–H and O–H groups in total. The maximum Gasteiger partial charge on any atom is 0.314 e. The van der Waals surface area contributed by atoms with E-state index in [1.165, 1.54) is 0 Å². The van der Waals surface area contributed by atoms with Crippen molar-refractivity contribution in [3.05, 3.63) is 35.9 Å². The fraction of sp³-hybridized carbons (Fsp3) is 0.545. The number of H-pyrrole nitrogens is 1. The van der Waals surface area contributed by atoms with Crippen molar-refractivity contribution in [2.45, 2.75) is 38.6 Å². The molecule has 0 bridgehead atoms. The summed E-state index contributed by atoms with van der Waals surface area (Å²) in [5.74, 6) is 0.116. The third-order valence-corrected chi connectivity index (χ3v) is 6.45. The number of carbonyl (C=O) groups is 2. The lowest BCUT2D eigenvalue weighted by atomic mass is 10.0. The fourth-order valence-electron chi connectivity index (χ4n) is 4.74. The molecule has 3 amide bonds. The van der Waals surface area contributed by atoms with Gasteiger partial charge in [0.15, 0.2) is 0 Å². The van der Waals surface area contributed by atoms with Crippen molar-refractivity contribution in [3.63, 3.8) is 0 Å². The summed E-state index contributed by atoms with van der Waals surface area (Å²) in [6.45, 7) is 6.96. The maximum absolute atomic E-state index is 12.8. The van der Waals surface area contributed by atoms with Crippen molar-refractivity contribution in [2.24, 2.45) is 5.73 Å². The van der Waals surface area contributed by atoms with Gasteiger partial charge in [0.1, 0.15) is 0 Å². The summed E-state index contributed by atoms with van der Waals surface area (Å²) in [7, 11) is 0. The van der Waals surface area contributed by atoms with E-state index in [0.717, 1.165) is 80.6 Å². The molecule has 0 saturated carbocycles. The summed E-state index contributed by atoms with van der Waals surface area (Å²) in [4.78, 5) is 30.3. The number of fused-ring (bicyclic) bond motifs is 1. The van der Waals surface area contributed by atoms with Crippen molar-refractivity contribution in [3.8, 4) is 0 Å². The molecule has 0 unspecified atom stereocenters. The zero-order valence-electron chi connectivity index (χ0n) is 17.6. The molecular formula is C22H31N6O2. The van der Waals surface area contributed by atoms with Crippen molar-refractivity contribution in [1.29, 1.82) is 0 Å². The molecule has 0 atom stereocenters. The molecule has 1 aromatic heterocycles. The van der Waals surface area contributed by atoms with Crippen LogP contribution in [0.1, 0.15) is 30.4 Å². The second-order valence-corrected chi connectivity index (χ2v) is 8.43. The number of hydrogen-bond donors (Lipinski definition) is 2. The van der Waals surface area contributed by atoms with Crippen LogP contribution in [-0.4, -0.2) is 82.1 Å². The summed E-state index contributed by atoms with van der Waals surface area (Å²) < 4.78 is 0. The van der Waals surface area contributed by atoms with Crippen molar-refractivity contribution in [1.82, 2.24) is 24.9 Å². The molecule has 2 aliphatic rings. The van der Waals surface area contributed by atoms with Gasteiger partial charge in [-0.1, -0.05) is 6.07 Å². The lowest BCUT2D eigenvalue weighted by Gasteiger charge is -2.37. The second kappa shape index (κ2) is 9.04. The zero-order valence-corrected chi connectivity index (χ0v) is 17.6. The quantitative estimate of drug-likeness (QED) is 0.800. The summed E-state index contributed by atoms with van der Waals surface area (Å²) in [6.07, 6.45) is 7.16. The molecule has 161 valence electrons. The molecule has 3 heterocycles. The van der Waals surface area contributed by atoms with Gasteiger partial charge in [-0.05, 0) is 49.8 Å². The minimum atomic E-state index is -0.321. The van der Waals surface area contributed by atoms with E-state index in [1.807, 2.05) is 17.5 Å². The van der Waals surface area contributed by atoms with Crippen LogP contribution in [0.2, 0.25) is 0 Å². The van der Waals surface area contributed by atoms with E-state index in [4.69, 9.17) is 5.73 Å². The summed E-state index contributed by atoms with van der Waals surface area (Å²) in [6, 6.07) is 4.37. The number of aromatic nitrogens is 2. The lowest BCUT2D eigenvalue weighted by Crippen LogP contribution is -2.49. The predicted molar refractivity (Wildman–Crippen MR) is 116 cm³/mol. The molecule has 1 radical (unpaired) electrons. The number of benzene rings is 1. The molecular weight excluding hydrogens is 380 g/mol. The number of nitrogens with zero attached hydrogens (tertiary/aromatic N) is 4. The Bertz CT molecular complexity index is 902. The number of piperidine rings is 1. The lowest BCUT2D eigenvalue weighted by molar-refractivity contribution is -0.127. The predicted octanol–water partition coefficient (Wildman–Crippen LogP) is 1.70. The van der Waals surface area contributed by atoms with Gasteiger partial charge in [0.2, 0.25) is 5.91 Å². The third-order valence-electron chi connectivity index (χ3n) is 6.45. The number of hydrogen-bond acceptors (Lipinski definition) is 4. The van der Waals surface area contributed by atoms with Crippen LogP contribution in [0.4, 0.5) is 4.79 Å². The SMILES string of the molecule is Cc1cc(C[CH]C(=O)N2CCCN(C3CCN(C(N)=O)CC3)CC2)cc2cn[nH]c12. The summed E-state index contributed by atoms with van der Waals surface area (Å²) >= 11 is 0. The highest BCUT2D eigenvalue weighted by Crippen LogP contribution is 2.20. The minimum Gasteiger partial charge on any atom is -0.351 e. The molecule has 0 aliphatic carbocycles. The minimum absolute atomic E-state index is 0.116. The van der Waals surface area contributed by atoms with E-state index in [-0.39, 0.29) is 11.9 Å². The largest absolute Gasteiger partial charge is 0.351 e. The molecule has 1 aromatic carbocycles. The van der Waals surface area contributed by atoms with Crippen LogP contribution in [0.15, 0.2) is 18.3 Å². The Morgan fingerprint density at radius 3 is 2.70 bits per heavy atom. The molecule has 4 rings (SSSR count). The number of amides is 3. The Labute approximate surface area is 177 Å². The molecule has 8 nitrogen and oxygen atoms in total. The van der Waals surface area contributed by atoms with Gasteiger partial charge in [0, 0.05) is 50.7 Å². The average Bonchev–Trinajstić information content (AvgIpc) is 3.08. The van der Waals surface area contributed by atoms with E-state index in [0.29, 0.717) is 12.5 Å². The highest BCUT2D eigenvalue weighted by Gasteiger charge is 2.28. The monoisotopic (exact) mass is 411 g/mol. The number of aryl methyl sites for hydroxylation is 1. The molecule has 2 fully saturated rings. The number of aromatic amines is 1. The highest BCUT2D eigenvalue weighted by atomic mass is 16.2. The molecule has 8 heteroatoms. The van der Waals surface area contributed by atoms with Gasteiger partial charge in [-0.2, -0.15) is 5.10 Å². The molecule has 2 saturated heterocycles. The van der Waals surface area contributed by atoms with Gasteiger partial charge in [0.25, 0.3) is 0 Å². The van der Waals surface area contributed by atoms with Crippen LogP contribution in [0.25, 0.3) is 10.9 Å². The summed E-state index contributed by atoms with van der Waals surface area (Å²) in [5, 5.41) is 8.19. The number of urea groups is 1. The van der Waals surface area contributed by atoms with Gasteiger partial charge >= 0.3 is 6.03 Å². The van der Waals surface area contributed by atoms with Crippen molar-refractivity contribution in [2.75, 3.05) is 39.3 Å². The van der Waals surface area contributed by atoms with Crippen molar-refractivity contribution < 1.29 is 9.59 Å². The van der Waals surface area contributed by atoms with E-state index in [1.54, 1.807) is 4.90 Å². The van der Waals surface area contributed by atoms with Crippen molar-refractivity contribution >= 4 is 22.8 Å². The number of rotatable bonds is 4. The smallest absolute Gasteiger partial charge is 0.314 e. The number of primary amides is 1. The Morgan fingerprint density at radius 1 is 1.13 bits per heavy atom. The molecule has 2 aromatic rings. The van der Waals surface area contributed by atoms with Crippen LogP contribution in [0.5, 0.6) is 0 Å². The van der Waals surface area contributed by atoms with E-state index < -0.39 is 0 Å². The molecule has 0 spiro atoms. The first-order valence-corrected chi connectivity index (χ1v) is 10.8. The second-order valence-electron chi connectivity index (χ2n) is 8.43. The number of carbonyl (C=O) groups excluding carboxylic acids is 2. The number of likely N-dealkylation sites (tertiary alicyclic amines) is 1. The van der Waals surface area contributed by atoms with E-state index in [9.17, 15) is 9.59 Å². The van der Waals surface area contributed by atoms with Gasteiger partial charge in [-0.25, -0.2) is 4.79 Å². The van der Waals surface area contributed by atoms with Crippen LogP contribution >= 0.6 is 0 Å². The fourth-order valence-corrected chi connectivity index (χ4v) is 4.74. The van der Waals surface area contributed by atoms with Gasteiger partial charge in [-0.15, -0.1) is 0 Å². The summed E-state index contributed by atoms with van der Waals surface area (Å²) in [5.41, 5.74) is 8.72. The van der Waals surface area contributed by atoms with Crippen LogP contribution < -0.4 is 5.73 Å². The van der Waals surface area contributed by atoms with E-state index >= 15 is 0 Å². The number of nitrogens with one attached hydrogen (secondary N) is 1. The van der Waals surface area contributed by atoms with Crippen LogP contribution in [0.3, 0.4) is 0 Å². The van der Waals surface area contributed by atoms with Gasteiger partial charge < -0.3 is 15.5 Å². The Morgan fingerprint density at radius 2 is 1.93 bits per heavy atom. The normalized spacial score (nSPS) is 19.2. The first-order chi connectivity index (χ1) is 14.5. The standard InChI is InChI=1S/C22H31N6O2/c1-16-13-17(14-18-15-24-25-21(16)18)3-4-20(29)27-8-2-7-26(11-12-27)19-5-9-28(10-6-19)22(23)30/h4,13-15,19H,2-3,5-12H2,1H3,(H2,23,30)(H,24,25). The first kappa shape index (κ1) is 20.7. The average molecular weight is 412 g/mol. The molecule has 30 heavy (non-hydrogen) atoms. The third kappa shape index (κ3) is 4.59. The maximum atomic E-state index is 12.8. The van der Waals surface area contributed by atoms with E-state index in [2.05, 4.69) is 34.2 Å². The van der Waals surface area contributed by atoms with Crippen LogP contribution in [-0.2, 0) is 11.2 Å². The Hall–Kier alpha value is -2.61. The first-order valence-electron chi connectivity index (χ1n) is 10.8. The zero-order chi connectivity index (χ0) is 21.1.